The Kier molecular flexibility index (Phi) is 1.46. The first-order chi connectivity index (χ1) is 6.71. The number of anilines is 1. The molecule has 0 unspecified atom stereocenters. The summed E-state index contributed by atoms with van der Waals surface area (Å²) in [6.45, 7) is 3.78. The van der Waals surface area contributed by atoms with Crippen LogP contribution >= 0.6 is 0 Å². The highest BCUT2D eigenvalue weighted by molar-refractivity contribution is 5.60. The van der Waals surface area contributed by atoms with E-state index >= 15 is 0 Å². The van der Waals surface area contributed by atoms with Gasteiger partial charge in [0.1, 0.15) is 0 Å². The first-order valence-electron chi connectivity index (χ1n) is 4.98. The zero-order chi connectivity index (χ0) is 9.76. The summed E-state index contributed by atoms with van der Waals surface area (Å²) in [6, 6.07) is 2.22. The van der Waals surface area contributed by atoms with E-state index in [4.69, 9.17) is 4.74 Å². The summed E-state index contributed by atoms with van der Waals surface area (Å²) in [5, 5.41) is 0. The van der Waals surface area contributed by atoms with Crippen molar-refractivity contribution in [3.05, 3.63) is 23.5 Å². The monoisotopic (exact) mass is 190 g/mol. The number of aryl methyl sites for hydroxylation is 1. The topological polar surface area (TPSA) is 25.4 Å². The number of likely N-dealkylation sites (N-methyl/N-ethyl adjacent to an activating group) is 1. The van der Waals surface area contributed by atoms with E-state index in [-0.39, 0.29) is 5.54 Å². The molecule has 3 rings (SSSR count). The lowest BCUT2D eigenvalue weighted by Crippen LogP contribution is -2.59. The summed E-state index contributed by atoms with van der Waals surface area (Å²) in [6.07, 6.45) is 2.99. The smallest absolute Gasteiger partial charge is 0.0920 e. The van der Waals surface area contributed by atoms with Crippen molar-refractivity contribution in [2.75, 3.05) is 25.2 Å². The zero-order valence-electron chi connectivity index (χ0n) is 8.58. The van der Waals surface area contributed by atoms with Gasteiger partial charge in [-0.15, -0.1) is 0 Å². The third-order valence-corrected chi connectivity index (χ3v) is 3.39. The van der Waals surface area contributed by atoms with Crippen molar-refractivity contribution >= 4 is 5.69 Å². The van der Waals surface area contributed by atoms with Crippen LogP contribution in [0.1, 0.15) is 11.3 Å². The molecule has 1 spiro atoms. The van der Waals surface area contributed by atoms with Gasteiger partial charge in [-0.2, -0.15) is 0 Å². The molecule has 0 radical (unpaired) electrons. The molecule has 1 saturated heterocycles. The highest BCUT2D eigenvalue weighted by atomic mass is 16.5. The highest BCUT2D eigenvalue weighted by Crippen LogP contribution is 2.40. The molecule has 1 aromatic rings. The minimum absolute atomic E-state index is 0.225. The molecule has 3 heteroatoms. The fourth-order valence-electron chi connectivity index (χ4n) is 2.33. The maximum absolute atomic E-state index is 5.32. The van der Waals surface area contributed by atoms with E-state index in [2.05, 4.69) is 29.9 Å². The molecule has 14 heavy (non-hydrogen) atoms. The molecule has 1 fully saturated rings. The van der Waals surface area contributed by atoms with Crippen molar-refractivity contribution in [3.8, 4) is 0 Å². The predicted octanol–water partition coefficient (Wildman–Crippen LogP) is 1.15. The lowest BCUT2D eigenvalue weighted by Gasteiger charge is -2.44. The van der Waals surface area contributed by atoms with Crippen molar-refractivity contribution in [1.29, 1.82) is 0 Å². The van der Waals surface area contributed by atoms with Crippen LogP contribution in [0.4, 0.5) is 5.69 Å². The van der Waals surface area contributed by atoms with Crippen LogP contribution < -0.4 is 4.90 Å². The number of hydrogen-bond acceptors (Lipinski definition) is 3. The van der Waals surface area contributed by atoms with Gasteiger partial charge >= 0.3 is 0 Å². The Morgan fingerprint density at radius 2 is 2.29 bits per heavy atom. The Morgan fingerprint density at radius 3 is 2.93 bits per heavy atom. The van der Waals surface area contributed by atoms with Crippen molar-refractivity contribution in [2.24, 2.45) is 0 Å². The molecule has 74 valence electrons. The molecule has 3 nitrogen and oxygen atoms in total. The van der Waals surface area contributed by atoms with E-state index < -0.39 is 0 Å². The Balaban J connectivity index is 2.06. The highest BCUT2D eigenvalue weighted by Gasteiger charge is 2.48. The fraction of sp³-hybridized carbons (Fsp3) is 0.545. The summed E-state index contributed by atoms with van der Waals surface area (Å²) in [5.74, 6) is 0. The quantitative estimate of drug-likeness (QED) is 0.613. The normalized spacial score (nSPS) is 22.3. The largest absolute Gasteiger partial charge is 0.376 e. The van der Waals surface area contributed by atoms with Gasteiger partial charge in [0, 0.05) is 19.7 Å². The maximum Gasteiger partial charge on any atom is 0.0920 e. The Bertz CT molecular complexity index is 385. The molecule has 0 amide bonds. The van der Waals surface area contributed by atoms with Crippen molar-refractivity contribution in [2.45, 2.75) is 18.9 Å². The van der Waals surface area contributed by atoms with Crippen LogP contribution in [-0.4, -0.2) is 30.8 Å². The minimum Gasteiger partial charge on any atom is -0.376 e. The third-order valence-electron chi connectivity index (χ3n) is 3.39. The first-order valence-corrected chi connectivity index (χ1v) is 4.98. The summed E-state index contributed by atoms with van der Waals surface area (Å²) < 4.78 is 5.32. The summed E-state index contributed by atoms with van der Waals surface area (Å²) in [5.41, 5.74) is 3.96. The van der Waals surface area contributed by atoms with Crippen molar-refractivity contribution < 1.29 is 4.74 Å². The maximum atomic E-state index is 5.32. The van der Waals surface area contributed by atoms with Gasteiger partial charge in [0.25, 0.3) is 0 Å². The lowest BCUT2D eigenvalue weighted by molar-refractivity contribution is -0.0509. The molecule has 0 N–H and O–H groups in total. The number of pyridine rings is 1. The molecule has 0 aromatic carbocycles. The number of ether oxygens (including phenoxy) is 1. The van der Waals surface area contributed by atoms with Crippen LogP contribution in [0.3, 0.4) is 0 Å². The van der Waals surface area contributed by atoms with Crippen LogP contribution in [-0.2, 0) is 11.2 Å². The number of hydrogen-bond donors (Lipinski definition) is 0. The van der Waals surface area contributed by atoms with E-state index in [1.807, 2.05) is 6.20 Å². The summed E-state index contributed by atoms with van der Waals surface area (Å²) in [7, 11) is 2.15. The van der Waals surface area contributed by atoms with Crippen LogP contribution in [0.25, 0.3) is 0 Å². The van der Waals surface area contributed by atoms with Crippen LogP contribution in [0.5, 0.6) is 0 Å². The number of rotatable bonds is 0. The Labute approximate surface area is 83.7 Å². The molecule has 2 aliphatic heterocycles. The van der Waals surface area contributed by atoms with Crippen LogP contribution in [0.2, 0.25) is 0 Å². The van der Waals surface area contributed by atoms with Gasteiger partial charge in [0.05, 0.1) is 30.1 Å². The van der Waals surface area contributed by atoms with Gasteiger partial charge in [-0.1, -0.05) is 0 Å². The van der Waals surface area contributed by atoms with E-state index in [9.17, 15) is 0 Å². The zero-order valence-corrected chi connectivity index (χ0v) is 8.58. The van der Waals surface area contributed by atoms with E-state index in [1.165, 1.54) is 16.9 Å². The third kappa shape index (κ3) is 0.879. The fourth-order valence-corrected chi connectivity index (χ4v) is 2.33. The van der Waals surface area contributed by atoms with E-state index in [1.54, 1.807) is 0 Å². The Morgan fingerprint density at radius 1 is 1.50 bits per heavy atom. The first kappa shape index (κ1) is 8.24. The number of fused-ring (bicyclic) bond motifs is 1. The van der Waals surface area contributed by atoms with E-state index in [0.29, 0.717) is 0 Å². The second-order valence-corrected chi connectivity index (χ2v) is 4.43. The molecule has 3 heterocycles. The molecular weight excluding hydrogens is 176 g/mol. The second-order valence-electron chi connectivity index (χ2n) is 4.43. The summed E-state index contributed by atoms with van der Waals surface area (Å²) >= 11 is 0. The Hall–Kier alpha value is -1.09. The van der Waals surface area contributed by atoms with Crippen molar-refractivity contribution in [1.82, 2.24) is 4.98 Å². The molecule has 0 aliphatic carbocycles. The van der Waals surface area contributed by atoms with E-state index in [0.717, 1.165) is 19.6 Å². The van der Waals surface area contributed by atoms with Gasteiger partial charge in [-0.3, -0.25) is 4.98 Å². The van der Waals surface area contributed by atoms with Gasteiger partial charge in [0.15, 0.2) is 0 Å². The van der Waals surface area contributed by atoms with Gasteiger partial charge < -0.3 is 9.64 Å². The molecule has 0 bridgehead atoms. The summed E-state index contributed by atoms with van der Waals surface area (Å²) in [4.78, 5) is 6.83. The molecule has 0 atom stereocenters. The lowest BCUT2D eigenvalue weighted by atomic mass is 9.94. The second kappa shape index (κ2) is 2.48. The number of aromatic nitrogens is 1. The molecule has 0 saturated carbocycles. The number of nitrogens with zero attached hydrogens (tertiary/aromatic N) is 2. The molecule has 2 aliphatic rings. The predicted molar refractivity (Wildman–Crippen MR) is 54.6 cm³/mol. The van der Waals surface area contributed by atoms with Crippen LogP contribution in [0, 0.1) is 6.92 Å². The minimum atomic E-state index is 0.225. The van der Waals surface area contributed by atoms with Gasteiger partial charge in [-0.25, -0.2) is 0 Å². The van der Waals surface area contributed by atoms with Gasteiger partial charge in [-0.05, 0) is 18.6 Å². The average molecular weight is 190 g/mol. The van der Waals surface area contributed by atoms with Gasteiger partial charge in [0.2, 0.25) is 0 Å². The SMILES string of the molecule is Cc1cnc2c(c1)N(C)C1(COC1)C2. The van der Waals surface area contributed by atoms with Crippen molar-refractivity contribution in [3.63, 3.8) is 0 Å². The standard InChI is InChI=1S/C11H14N2O/c1-8-3-10-9(12-5-8)4-11(13(10)2)6-14-7-11/h3,5H,4,6-7H2,1-2H3. The molecule has 1 aromatic heterocycles. The van der Waals surface area contributed by atoms with Crippen LogP contribution in [0.15, 0.2) is 12.3 Å². The average Bonchev–Trinajstić information content (AvgIpc) is 2.40. The molecular formula is C11H14N2O.